The summed E-state index contributed by atoms with van der Waals surface area (Å²) in [5, 5.41) is 2.86. The number of hydrogen-bond donors (Lipinski definition) is 2. The van der Waals surface area contributed by atoms with Gasteiger partial charge in [0.15, 0.2) is 11.5 Å². The molecule has 0 heterocycles. The van der Waals surface area contributed by atoms with E-state index < -0.39 is 0 Å². The van der Waals surface area contributed by atoms with Crippen LogP contribution in [-0.4, -0.2) is 33.2 Å². The van der Waals surface area contributed by atoms with E-state index in [1.807, 2.05) is 13.8 Å². The molecule has 0 atom stereocenters. The Bertz CT molecular complexity index is 444. The molecule has 1 aromatic carbocycles. The molecular weight excluding hydrogens is 244 g/mol. The van der Waals surface area contributed by atoms with Crippen LogP contribution in [-0.2, 0) is 0 Å². The summed E-state index contributed by atoms with van der Waals surface area (Å²) in [6.45, 7) is 5.04. The minimum Gasteiger partial charge on any atom is -0.493 e. The van der Waals surface area contributed by atoms with Crippen LogP contribution >= 0.6 is 0 Å². The predicted octanol–water partition coefficient (Wildman–Crippen LogP) is 1.42. The maximum atomic E-state index is 12.0. The third kappa shape index (κ3) is 4.13. The summed E-state index contributed by atoms with van der Waals surface area (Å²) in [5.41, 5.74) is 6.04. The van der Waals surface area contributed by atoms with Crippen LogP contribution < -0.4 is 20.5 Å². The minimum atomic E-state index is -0.150. The van der Waals surface area contributed by atoms with Crippen LogP contribution in [0.1, 0.15) is 24.2 Å². The average Bonchev–Trinajstić information content (AvgIpc) is 2.44. The number of nitrogens with one attached hydrogen (secondary N) is 1. The van der Waals surface area contributed by atoms with Gasteiger partial charge in [0.05, 0.1) is 14.2 Å². The number of ether oxygens (including phenoxy) is 2. The normalized spacial score (nSPS) is 11.0. The van der Waals surface area contributed by atoms with Crippen LogP contribution in [0.25, 0.3) is 0 Å². The predicted molar refractivity (Wildman–Crippen MR) is 74.7 cm³/mol. The van der Waals surface area contributed by atoms with Gasteiger partial charge >= 0.3 is 0 Å². The van der Waals surface area contributed by atoms with Crippen molar-refractivity contribution in [2.24, 2.45) is 11.1 Å². The molecule has 0 fully saturated rings. The van der Waals surface area contributed by atoms with E-state index in [-0.39, 0.29) is 11.3 Å². The second-order valence-corrected chi connectivity index (χ2v) is 5.12. The van der Waals surface area contributed by atoms with Crippen LogP contribution in [0.5, 0.6) is 11.5 Å². The van der Waals surface area contributed by atoms with Crippen molar-refractivity contribution in [3.8, 4) is 11.5 Å². The maximum Gasteiger partial charge on any atom is 0.251 e. The molecule has 5 heteroatoms. The first kappa shape index (κ1) is 15.3. The monoisotopic (exact) mass is 266 g/mol. The largest absolute Gasteiger partial charge is 0.493 e. The first-order valence-electron chi connectivity index (χ1n) is 6.14. The molecule has 1 aromatic rings. The van der Waals surface area contributed by atoms with Gasteiger partial charge in [-0.15, -0.1) is 0 Å². The molecule has 0 aliphatic carbocycles. The van der Waals surface area contributed by atoms with Gasteiger partial charge in [-0.1, -0.05) is 13.8 Å². The molecule has 0 aromatic heterocycles. The highest BCUT2D eigenvalue weighted by molar-refractivity contribution is 5.94. The SMILES string of the molecule is COc1ccc(C(=O)NCC(C)(C)CN)cc1OC. The van der Waals surface area contributed by atoms with Crippen LogP contribution in [0, 0.1) is 5.41 Å². The van der Waals surface area contributed by atoms with Gasteiger partial charge in [-0.2, -0.15) is 0 Å². The number of benzene rings is 1. The second-order valence-electron chi connectivity index (χ2n) is 5.12. The Morgan fingerprint density at radius 1 is 1.26 bits per heavy atom. The smallest absolute Gasteiger partial charge is 0.251 e. The first-order valence-corrected chi connectivity index (χ1v) is 6.14. The Kier molecular flexibility index (Phi) is 5.18. The average molecular weight is 266 g/mol. The van der Waals surface area contributed by atoms with Crippen LogP contribution in [0.2, 0.25) is 0 Å². The molecule has 5 nitrogen and oxygen atoms in total. The fraction of sp³-hybridized carbons (Fsp3) is 0.500. The van der Waals surface area contributed by atoms with Gasteiger partial charge in [0.1, 0.15) is 0 Å². The van der Waals surface area contributed by atoms with E-state index in [2.05, 4.69) is 5.32 Å². The lowest BCUT2D eigenvalue weighted by Gasteiger charge is -2.22. The van der Waals surface area contributed by atoms with E-state index in [1.54, 1.807) is 25.3 Å². The van der Waals surface area contributed by atoms with Crippen molar-refractivity contribution in [1.29, 1.82) is 0 Å². The highest BCUT2D eigenvalue weighted by Gasteiger charge is 2.17. The van der Waals surface area contributed by atoms with E-state index in [9.17, 15) is 4.79 Å². The summed E-state index contributed by atoms with van der Waals surface area (Å²) >= 11 is 0. The highest BCUT2D eigenvalue weighted by Crippen LogP contribution is 2.27. The number of rotatable bonds is 6. The van der Waals surface area contributed by atoms with Crippen molar-refractivity contribution >= 4 is 5.91 Å². The zero-order chi connectivity index (χ0) is 14.5. The Morgan fingerprint density at radius 3 is 2.42 bits per heavy atom. The fourth-order valence-corrected chi connectivity index (χ4v) is 1.47. The number of carbonyl (C=O) groups excluding carboxylic acids is 1. The number of hydrogen-bond acceptors (Lipinski definition) is 4. The lowest BCUT2D eigenvalue weighted by molar-refractivity contribution is 0.0937. The van der Waals surface area contributed by atoms with Crippen molar-refractivity contribution in [3.05, 3.63) is 23.8 Å². The zero-order valence-electron chi connectivity index (χ0n) is 11.9. The van der Waals surface area contributed by atoms with Crippen molar-refractivity contribution < 1.29 is 14.3 Å². The minimum absolute atomic E-state index is 0.119. The van der Waals surface area contributed by atoms with Crippen LogP contribution in [0.15, 0.2) is 18.2 Å². The molecule has 0 saturated carbocycles. The second kappa shape index (κ2) is 6.43. The third-order valence-corrected chi connectivity index (χ3v) is 2.93. The number of amides is 1. The Morgan fingerprint density at radius 2 is 1.89 bits per heavy atom. The summed E-state index contributed by atoms with van der Waals surface area (Å²) in [5.74, 6) is 0.983. The maximum absolute atomic E-state index is 12.0. The van der Waals surface area contributed by atoms with Gasteiger partial charge in [0, 0.05) is 12.1 Å². The van der Waals surface area contributed by atoms with Crippen LogP contribution in [0.4, 0.5) is 0 Å². The van der Waals surface area contributed by atoms with E-state index >= 15 is 0 Å². The summed E-state index contributed by atoms with van der Waals surface area (Å²) < 4.78 is 10.3. The molecule has 0 radical (unpaired) electrons. The molecule has 0 aliphatic heterocycles. The molecular formula is C14H22N2O3. The summed E-state index contributed by atoms with van der Waals surface area (Å²) in [6.07, 6.45) is 0. The van der Waals surface area contributed by atoms with E-state index in [0.717, 1.165) is 0 Å². The van der Waals surface area contributed by atoms with Gasteiger partial charge in [0.25, 0.3) is 5.91 Å². The standard InChI is InChI=1S/C14H22N2O3/c1-14(2,8-15)9-16-13(17)10-5-6-11(18-3)12(7-10)19-4/h5-7H,8-9,15H2,1-4H3,(H,16,17). The van der Waals surface area contributed by atoms with E-state index in [1.165, 1.54) is 7.11 Å². The molecule has 106 valence electrons. The fourth-order valence-electron chi connectivity index (χ4n) is 1.47. The molecule has 19 heavy (non-hydrogen) atoms. The van der Waals surface area contributed by atoms with Gasteiger partial charge in [-0.3, -0.25) is 4.79 Å². The molecule has 1 rings (SSSR count). The van der Waals surface area contributed by atoms with Crippen molar-refractivity contribution in [2.75, 3.05) is 27.3 Å². The van der Waals surface area contributed by atoms with Gasteiger partial charge < -0.3 is 20.5 Å². The molecule has 0 unspecified atom stereocenters. The van der Waals surface area contributed by atoms with Gasteiger partial charge in [-0.25, -0.2) is 0 Å². The number of methoxy groups -OCH3 is 2. The number of carbonyl (C=O) groups is 1. The zero-order valence-corrected chi connectivity index (χ0v) is 11.9. The summed E-state index contributed by atoms with van der Waals surface area (Å²) in [7, 11) is 3.10. The van der Waals surface area contributed by atoms with Gasteiger partial charge in [-0.05, 0) is 30.2 Å². The third-order valence-electron chi connectivity index (χ3n) is 2.93. The topological polar surface area (TPSA) is 73.6 Å². The van der Waals surface area contributed by atoms with Crippen molar-refractivity contribution in [3.63, 3.8) is 0 Å². The first-order chi connectivity index (χ1) is 8.93. The number of nitrogens with two attached hydrogens (primary N) is 1. The van der Waals surface area contributed by atoms with E-state index in [4.69, 9.17) is 15.2 Å². The Labute approximate surface area is 114 Å². The molecule has 0 bridgehead atoms. The quantitative estimate of drug-likeness (QED) is 0.816. The lowest BCUT2D eigenvalue weighted by Crippen LogP contribution is -2.38. The van der Waals surface area contributed by atoms with Crippen molar-refractivity contribution in [2.45, 2.75) is 13.8 Å². The highest BCUT2D eigenvalue weighted by atomic mass is 16.5. The molecule has 3 N–H and O–H groups in total. The summed E-state index contributed by atoms with van der Waals surface area (Å²) in [4.78, 5) is 12.0. The van der Waals surface area contributed by atoms with Gasteiger partial charge in [0.2, 0.25) is 0 Å². The molecule has 0 saturated heterocycles. The Hall–Kier alpha value is -1.75. The van der Waals surface area contributed by atoms with E-state index in [0.29, 0.717) is 30.2 Å². The Balaban J connectivity index is 2.78. The summed E-state index contributed by atoms with van der Waals surface area (Å²) in [6, 6.07) is 5.07. The van der Waals surface area contributed by atoms with Crippen LogP contribution in [0.3, 0.4) is 0 Å². The van der Waals surface area contributed by atoms with Crippen molar-refractivity contribution in [1.82, 2.24) is 5.32 Å². The molecule has 1 amide bonds. The lowest BCUT2D eigenvalue weighted by atomic mass is 9.94. The molecule has 0 spiro atoms. The molecule has 0 aliphatic rings.